The average molecular weight is 263 g/mol. The smallest absolute Gasteiger partial charge is 0.249 e. The molecule has 2 atom stereocenters. The lowest BCUT2D eigenvalue weighted by atomic mass is 10.0. The number of hydrogen-bond donors (Lipinski definition) is 2. The third-order valence-electron chi connectivity index (χ3n) is 3.51. The first-order valence-electron chi connectivity index (χ1n) is 6.86. The van der Waals surface area contributed by atoms with Gasteiger partial charge in [0, 0.05) is 6.61 Å². The van der Waals surface area contributed by atoms with Gasteiger partial charge in [-0.25, -0.2) is 0 Å². The lowest BCUT2D eigenvalue weighted by Gasteiger charge is -2.19. The predicted octanol–water partition coefficient (Wildman–Crippen LogP) is 1.58. The summed E-state index contributed by atoms with van der Waals surface area (Å²) in [6.45, 7) is 2.63. The van der Waals surface area contributed by atoms with Crippen LogP contribution >= 0.6 is 0 Å². The van der Waals surface area contributed by atoms with Crippen LogP contribution in [0.1, 0.15) is 36.9 Å². The number of aryl methyl sites for hydroxylation is 1. The number of carbonyl (C=O) groups is 1. The van der Waals surface area contributed by atoms with Crippen molar-refractivity contribution in [2.45, 2.75) is 38.3 Å². The topological polar surface area (TPSA) is 58.6 Å². The zero-order valence-corrected chi connectivity index (χ0v) is 11.3. The molecule has 4 nitrogen and oxygen atoms in total. The van der Waals surface area contributed by atoms with Gasteiger partial charge in [0.05, 0.1) is 12.6 Å². The van der Waals surface area contributed by atoms with E-state index in [1.807, 2.05) is 24.3 Å². The van der Waals surface area contributed by atoms with Gasteiger partial charge in [-0.1, -0.05) is 31.2 Å². The van der Waals surface area contributed by atoms with Gasteiger partial charge < -0.3 is 15.2 Å². The highest BCUT2D eigenvalue weighted by molar-refractivity contribution is 5.81. The van der Waals surface area contributed by atoms with Crippen LogP contribution in [0.4, 0.5) is 0 Å². The van der Waals surface area contributed by atoms with Gasteiger partial charge in [0.25, 0.3) is 0 Å². The summed E-state index contributed by atoms with van der Waals surface area (Å²) in [5.74, 6) is -0.129. The zero-order valence-electron chi connectivity index (χ0n) is 11.3. The number of hydrogen-bond acceptors (Lipinski definition) is 3. The van der Waals surface area contributed by atoms with Crippen LogP contribution in [-0.2, 0) is 16.0 Å². The van der Waals surface area contributed by atoms with Crippen LogP contribution in [-0.4, -0.2) is 30.3 Å². The van der Waals surface area contributed by atoms with Crippen molar-refractivity contribution in [3.05, 3.63) is 35.4 Å². The van der Waals surface area contributed by atoms with Crippen molar-refractivity contribution in [1.29, 1.82) is 0 Å². The van der Waals surface area contributed by atoms with E-state index in [2.05, 4.69) is 12.2 Å². The highest BCUT2D eigenvalue weighted by Gasteiger charge is 2.25. The fraction of sp³-hybridized carbons (Fsp3) is 0.533. The molecule has 1 amide bonds. The summed E-state index contributed by atoms with van der Waals surface area (Å²) in [5, 5.41) is 12.3. The molecule has 4 heteroatoms. The molecule has 104 valence electrons. The molecule has 0 bridgehead atoms. The molecule has 2 N–H and O–H groups in total. The number of nitrogens with one attached hydrogen (secondary N) is 1. The largest absolute Gasteiger partial charge is 0.394 e. The van der Waals surface area contributed by atoms with E-state index >= 15 is 0 Å². The van der Waals surface area contributed by atoms with Gasteiger partial charge in [-0.05, 0) is 30.4 Å². The molecule has 1 aromatic carbocycles. The summed E-state index contributed by atoms with van der Waals surface area (Å²) in [5.41, 5.74) is 2.16. The van der Waals surface area contributed by atoms with Crippen molar-refractivity contribution in [3.8, 4) is 0 Å². The first-order valence-corrected chi connectivity index (χ1v) is 6.86. The van der Waals surface area contributed by atoms with Gasteiger partial charge in [-0.15, -0.1) is 0 Å². The van der Waals surface area contributed by atoms with E-state index in [9.17, 15) is 9.90 Å². The van der Waals surface area contributed by atoms with Crippen LogP contribution in [0.15, 0.2) is 24.3 Å². The Labute approximate surface area is 113 Å². The molecule has 0 saturated carbocycles. The quantitative estimate of drug-likeness (QED) is 0.848. The monoisotopic (exact) mass is 263 g/mol. The van der Waals surface area contributed by atoms with Crippen molar-refractivity contribution >= 4 is 5.91 Å². The number of amides is 1. The molecule has 1 heterocycles. The van der Waals surface area contributed by atoms with Crippen molar-refractivity contribution in [2.24, 2.45) is 0 Å². The minimum atomic E-state index is -0.359. The number of aliphatic hydroxyl groups excluding tert-OH is 1. The van der Waals surface area contributed by atoms with Crippen LogP contribution in [0, 0.1) is 0 Å². The van der Waals surface area contributed by atoms with E-state index in [1.54, 1.807) is 0 Å². The summed E-state index contributed by atoms with van der Waals surface area (Å²) < 4.78 is 5.34. The van der Waals surface area contributed by atoms with Crippen LogP contribution in [0.25, 0.3) is 0 Å². The fourth-order valence-corrected chi connectivity index (χ4v) is 2.27. The number of rotatable bonds is 5. The molecule has 1 aliphatic heterocycles. The number of ether oxygens (including phenoxy) is 1. The molecular formula is C15H21NO3. The molecule has 2 rings (SSSR count). The van der Waals surface area contributed by atoms with E-state index in [4.69, 9.17) is 4.74 Å². The van der Waals surface area contributed by atoms with E-state index < -0.39 is 0 Å². The second-order valence-corrected chi connectivity index (χ2v) is 4.84. The van der Waals surface area contributed by atoms with E-state index in [0.29, 0.717) is 6.61 Å². The van der Waals surface area contributed by atoms with Crippen molar-refractivity contribution in [2.75, 3.05) is 13.2 Å². The van der Waals surface area contributed by atoms with Gasteiger partial charge in [-0.2, -0.15) is 0 Å². The van der Waals surface area contributed by atoms with Crippen molar-refractivity contribution in [3.63, 3.8) is 0 Å². The summed E-state index contributed by atoms with van der Waals surface area (Å²) in [6, 6.07) is 7.60. The molecule has 1 aliphatic rings. The lowest BCUT2D eigenvalue weighted by Crippen LogP contribution is -2.38. The molecule has 0 aliphatic carbocycles. The predicted molar refractivity (Wildman–Crippen MR) is 72.8 cm³/mol. The van der Waals surface area contributed by atoms with E-state index in [1.165, 1.54) is 5.56 Å². The van der Waals surface area contributed by atoms with Crippen LogP contribution in [0.5, 0.6) is 0 Å². The first kappa shape index (κ1) is 14.0. The summed E-state index contributed by atoms with van der Waals surface area (Å²) in [6.07, 6.45) is 2.31. The molecule has 1 fully saturated rings. The van der Waals surface area contributed by atoms with Crippen molar-refractivity contribution < 1.29 is 14.6 Å². The zero-order chi connectivity index (χ0) is 13.7. The Morgan fingerprint density at radius 3 is 2.74 bits per heavy atom. The third kappa shape index (κ3) is 3.55. The molecule has 1 saturated heterocycles. The maximum atomic E-state index is 12.0. The van der Waals surface area contributed by atoms with Gasteiger partial charge in [0.1, 0.15) is 6.10 Å². The summed E-state index contributed by atoms with van der Waals surface area (Å²) >= 11 is 0. The normalized spacial score (nSPS) is 20.2. The molecule has 0 radical (unpaired) electrons. The maximum absolute atomic E-state index is 12.0. The molecule has 2 unspecified atom stereocenters. The summed E-state index contributed by atoms with van der Waals surface area (Å²) in [7, 11) is 0. The Balaban J connectivity index is 2.00. The molecule has 0 spiro atoms. The molecule has 19 heavy (non-hydrogen) atoms. The minimum Gasteiger partial charge on any atom is -0.394 e. The van der Waals surface area contributed by atoms with Gasteiger partial charge >= 0.3 is 0 Å². The lowest BCUT2D eigenvalue weighted by molar-refractivity contribution is -0.131. The second kappa shape index (κ2) is 6.68. The van der Waals surface area contributed by atoms with Gasteiger partial charge in [-0.3, -0.25) is 4.79 Å². The van der Waals surface area contributed by atoms with Crippen LogP contribution < -0.4 is 5.32 Å². The summed E-state index contributed by atoms with van der Waals surface area (Å²) in [4.78, 5) is 12.0. The minimum absolute atomic E-state index is 0.107. The fourth-order valence-electron chi connectivity index (χ4n) is 2.27. The highest BCUT2D eigenvalue weighted by Crippen LogP contribution is 2.17. The van der Waals surface area contributed by atoms with Crippen molar-refractivity contribution in [1.82, 2.24) is 5.32 Å². The maximum Gasteiger partial charge on any atom is 0.249 e. The number of aliphatic hydroxyl groups is 1. The highest BCUT2D eigenvalue weighted by atomic mass is 16.5. The second-order valence-electron chi connectivity index (χ2n) is 4.84. The Morgan fingerprint density at radius 2 is 2.21 bits per heavy atom. The van der Waals surface area contributed by atoms with Gasteiger partial charge in [0.15, 0.2) is 0 Å². The Bertz CT molecular complexity index is 410. The molecule has 0 aromatic heterocycles. The van der Waals surface area contributed by atoms with Gasteiger partial charge in [0.2, 0.25) is 5.91 Å². The Kier molecular flexibility index (Phi) is 4.93. The Morgan fingerprint density at radius 1 is 1.47 bits per heavy atom. The SMILES string of the molecule is CCc1ccc(C(CO)NC(=O)C2CCCO2)cc1. The third-order valence-corrected chi connectivity index (χ3v) is 3.51. The van der Waals surface area contributed by atoms with Crippen LogP contribution in [0.3, 0.4) is 0 Å². The number of benzene rings is 1. The average Bonchev–Trinajstić information content (AvgIpc) is 2.99. The standard InChI is InChI=1S/C15H21NO3/c1-2-11-5-7-12(8-6-11)13(10-17)16-15(18)14-4-3-9-19-14/h5-8,13-14,17H,2-4,9-10H2,1H3,(H,16,18). The molecule has 1 aromatic rings. The molecular weight excluding hydrogens is 242 g/mol. The van der Waals surface area contributed by atoms with Crippen LogP contribution in [0.2, 0.25) is 0 Å². The Hall–Kier alpha value is -1.39. The van der Waals surface area contributed by atoms with E-state index in [0.717, 1.165) is 24.8 Å². The first-order chi connectivity index (χ1) is 9.24. The van der Waals surface area contributed by atoms with E-state index in [-0.39, 0.29) is 24.7 Å². The number of carbonyl (C=O) groups excluding carboxylic acids is 1.